The van der Waals surface area contributed by atoms with E-state index in [1.54, 1.807) is 18.2 Å². The van der Waals surface area contributed by atoms with E-state index in [0.717, 1.165) is 0 Å². The van der Waals surface area contributed by atoms with E-state index in [4.69, 9.17) is 9.47 Å². The van der Waals surface area contributed by atoms with Gasteiger partial charge in [-0.3, -0.25) is 10.1 Å². The van der Waals surface area contributed by atoms with Gasteiger partial charge >= 0.3 is 5.69 Å². The summed E-state index contributed by atoms with van der Waals surface area (Å²) in [5.74, 6) is 1.29. The molecule has 1 fully saturated rings. The maximum atomic E-state index is 13.1. The molecule has 1 atom stereocenters. The molecule has 3 rings (SSSR count). The van der Waals surface area contributed by atoms with Gasteiger partial charge in [0.15, 0.2) is 5.75 Å². The number of benzene rings is 2. The van der Waals surface area contributed by atoms with Crippen molar-refractivity contribution < 1.29 is 22.8 Å². The molecule has 1 saturated heterocycles. The van der Waals surface area contributed by atoms with Crippen molar-refractivity contribution in [3.63, 3.8) is 0 Å². The van der Waals surface area contributed by atoms with Crippen LogP contribution in [0.1, 0.15) is 10.9 Å². The third-order valence-electron chi connectivity index (χ3n) is 4.20. The maximum Gasteiger partial charge on any atom is 0.311 e. The van der Waals surface area contributed by atoms with Crippen LogP contribution in [0.3, 0.4) is 0 Å². The molecule has 0 radical (unpaired) electrons. The van der Waals surface area contributed by atoms with Gasteiger partial charge in [0.2, 0.25) is 10.0 Å². The Bertz CT molecular complexity index is 946. The van der Waals surface area contributed by atoms with Crippen LogP contribution in [-0.2, 0) is 10.0 Å². The zero-order valence-electron chi connectivity index (χ0n) is 14.7. The SMILES string of the molecule is COc1ccc(S(=O)(=O)N2CCS[C@H]2c2ccc(OC)c([N+](=O)[O-])c2)cc1. The van der Waals surface area contributed by atoms with Gasteiger partial charge in [-0.05, 0) is 35.9 Å². The molecular formula is C17H18N2O6S2. The number of nitro groups is 1. The third kappa shape index (κ3) is 3.73. The average Bonchev–Trinajstić information content (AvgIpc) is 3.18. The minimum absolute atomic E-state index is 0.135. The lowest BCUT2D eigenvalue weighted by Crippen LogP contribution is -2.30. The predicted octanol–water partition coefficient (Wildman–Crippen LogP) is 3.05. The fourth-order valence-corrected chi connectivity index (χ4v) is 6.08. The molecule has 2 aromatic rings. The monoisotopic (exact) mass is 410 g/mol. The van der Waals surface area contributed by atoms with Crippen LogP contribution in [0, 0.1) is 10.1 Å². The van der Waals surface area contributed by atoms with Gasteiger partial charge in [-0.15, -0.1) is 11.8 Å². The van der Waals surface area contributed by atoms with Crippen molar-refractivity contribution in [2.24, 2.45) is 0 Å². The number of hydrogen-bond donors (Lipinski definition) is 0. The van der Waals surface area contributed by atoms with Crippen LogP contribution in [0.5, 0.6) is 11.5 Å². The van der Waals surface area contributed by atoms with Gasteiger partial charge in [0.05, 0.1) is 29.4 Å². The van der Waals surface area contributed by atoms with E-state index in [1.807, 2.05) is 0 Å². The maximum absolute atomic E-state index is 13.1. The van der Waals surface area contributed by atoms with Gasteiger partial charge in [-0.2, -0.15) is 4.31 Å². The van der Waals surface area contributed by atoms with Crippen LogP contribution < -0.4 is 9.47 Å². The van der Waals surface area contributed by atoms with Crippen molar-refractivity contribution in [3.8, 4) is 11.5 Å². The summed E-state index contributed by atoms with van der Waals surface area (Å²) < 4.78 is 37.6. The van der Waals surface area contributed by atoms with Gasteiger partial charge in [0, 0.05) is 18.4 Å². The van der Waals surface area contributed by atoms with Gasteiger partial charge in [0.25, 0.3) is 0 Å². The summed E-state index contributed by atoms with van der Waals surface area (Å²) in [6.45, 7) is 0.323. The summed E-state index contributed by atoms with van der Waals surface area (Å²) in [7, 11) is -0.893. The zero-order chi connectivity index (χ0) is 19.6. The lowest BCUT2D eigenvalue weighted by Gasteiger charge is -2.23. The minimum Gasteiger partial charge on any atom is -0.497 e. The fraction of sp³-hybridized carbons (Fsp3) is 0.294. The van der Waals surface area contributed by atoms with E-state index >= 15 is 0 Å². The van der Waals surface area contributed by atoms with E-state index in [1.165, 1.54) is 54.6 Å². The van der Waals surface area contributed by atoms with Crippen molar-refractivity contribution in [3.05, 3.63) is 58.1 Å². The number of nitrogens with zero attached hydrogens (tertiary/aromatic N) is 2. The first-order valence-corrected chi connectivity index (χ1v) is 10.5. The van der Waals surface area contributed by atoms with E-state index < -0.39 is 20.3 Å². The Balaban J connectivity index is 1.97. The van der Waals surface area contributed by atoms with Gasteiger partial charge in [0.1, 0.15) is 5.75 Å². The number of nitro benzene ring substituents is 1. The predicted molar refractivity (Wildman–Crippen MR) is 102 cm³/mol. The summed E-state index contributed by atoms with van der Waals surface area (Å²) in [5, 5.41) is 10.7. The second-order valence-electron chi connectivity index (χ2n) is 5.70. The Hall–Kier alpha value is -2.30. The summed E-state index contributed by atoms with van der Waals surface area (Å²) >= 11 is 1.43. The summed E-state index contributed by atoms with van der Waals surface area (Å²) in [4.78, 5) is 10.9. The lowest BCUT2D eigenvalue weighted by molar-refractivity contribution is -0.385. The molecule has 0 saturated carbocycles. The average molecular weight is 410 g/mol. The van der Waals surface area contributed by atoms with Gasteiger partial charge in [-0.25, -0.2) is 8.42 Å². The smallest absolute Gasteiger partial charge is 0.311 e. The van der Waals surface area contributed by atoms with E-state index in [2.05, 4.69) is 0 Å². The van der Waals surface area contributed by atoms with Crippen molar-refractivity contribution in [1.29, 1.82) is 0 Å². The Morgan fingerprint density at radius 2 is 1.85 bits per heavy atom. The fourth-order valence-electron chi connectivity index (χ4n) is 2.85. The minimum atomic E-state index is -3.75. The zero-order valence-corrected chi connectivity index (χ0v) is 16.3. The molecule has 27 heavy (non-hydrogen) atoms. The quantitative estimate of drug-likeness (QED) is 0.533. The highest BCUT2D eigenvalue weighted by atomic mass is 32.2. The molecule has 144 valence electrons. The normalized spacial score (nSPS) is 17.6. The van der Waals surface area contributed by atoms with Gasteiger partial charge in [-0.1, -0.05) is 6.07 Å². The van der Waals surface area contributed by atoms with Crippen molar-refractivity contribution in [2.45, 2.75) is 10.3 Å². The molecule has 2 aromatic carbocycles. The molecule has 0 aromatic heterocycles. The molecule has 0 unspecified atom stereocenters. The van der Waals surface area contributed by atoms with Crippen LogP contribution in [0.4, 0.5) is 5.69 Å². The highest BCUT2D eigenvalue weighted by molar-refractivity contribution is 8.01. The number of rotatable bonds is 6. The Kier molecular flexibility index (Phi) is 5.59. The molecule has 1 aliphatic heterocycles. The summed E-state index contributed by atoms with van der Waals surface area (Å²) in [5.41, 5.74) is 0.353. The first-order valence-electron chi connectivity index (χ1n) is 7.98. The van der Waals surface area contributed by atoms with Crippen LogP contribution in [0.2, 0.25) is 0 Å². The van der Waals surface area contributed by atoms with E-state index in [-0.39, 0.29) is 16.3 Å². The largest absolute Gasteiger partial charge is 0.497 e. The highest BCUT2D eigenvalue weighted by Crippen LogP contribution is 2.43. The first-order chi connectivity index (χ1) is 12.9. The molecule has 0 aliphatic carbocycles. The number of sulfonamides is 1. The molecule has 8 nitrogen and oxygen atoms in total. The number of ether oxygens (including phenoxy) is 2. The topological polar surface area (TPSA) is 99.0 Å². The number of hydrogen-bond acceptors (Lipinski definition) is 7. The number of methoxy groups -OCH3 is 2. The van der Waals surface area contributed by atoms with E-state index in [9.17, 15) is 18.5 Å². The van der Waals surface area contributed by atoms with Crippen LogP contribution in [0.15, 0.2) is 47.4 Å². The van der Waals surface area contributed by atoms with Gasteiger partial charge < -0.3 is 9.47 Å². The Morgan fingerprint density at radius 3 is 2.44 bits per heavy atom. The van der Waals surface area contributed by atoms with Crippen molar-refractivity contribution in [1.82, 2.24) is 4.31 Å². The van der Waals surface area contributed by atoms with Crippen LogP contribution in [-0.4, -0.2) is 44.2 Å². The van der Waals surface area contributed by atoms with Crippen LogP contribution in [0.25, 0.3) is 0 Å². The second-order valence-corrected chi connectivity index (χ2v) is 8.78. The summed E-state index contributed by atoms with van der Waals surface area (Å²) in [6.07, 6.45) is 0. The van der Waals surface area contributed by atoms with Crippen molar-refractivity contribution in [2.75, 3.05) is 26.5 Å². The standard InChI is InChI=1S/C17H18N2O6S2/c1-24-13-4-6-14(7-5-13)27(22,23)18-9-10-26-17(18)12-3-8-16(25-2)15(11-12)19(20)21/h3-8,11,17H,9-10H2,1-2H3/t17-/m0/s1. The molecule has 0 N–H and O–H groups in total. The molecule has 10 heteroatoms. The molecule has 0 amide bonds. The lowest BCUT2D eigenvalue weighted by atomic mass is 10.2. The number of thioether (sulfide) groups is 1. The third-order valence-corrected chi connectivity index (χ3v) is 7.47. The molecular weight excluding hydrogens is 392 g/mol. The van der Waals surface area contributed by atoms with Crippen molar-refractivity contribution >= 4 is 27.5 Å². The Labute approximate surface area is 161 Å². The molecule has 0 spiro atoms. The second kappa shape index (κ2) is 7.75. The summed E-state index contributed by atoms with van der Waals surface area (Å²) in [6, 6.07) is 10.7. The first kappa shape index (κ1) is 19.5. The Morgan fingerprint density at radius 1 is 1.15 bits per heavy atom. The molecule has 1 heterocycles. The van der Waals surface area contributed by atoms with E-state index in [0.29, 0.717) is 23.6 Å². The molecule has 0 bridgehead atoms. The highest BCUT2D eigenvalue weighted by Gasteiger charge is 2.37. The van der Waals surface area contributed by atoms with Crippen LogP contribution >= 0.6 is 11.8 Å². The molecule has 1 aliphatic rings.